The van der Waals surface area contributed by atoms with E-state index in [-0.39, 0.29) is 37.8 Å². The van der Waals surface area contributed by atoms with Crippen molar-refractivity contribution in [1.82, 2.24) is 9.62 Å². The minimum Gasteiger partial charge on any atom is -0.493 e. The monoisotopic (exact) mass is 512 g/mol. The molecule has 0 aliphatic carbocycles. The quantitative estimate of drug-likeness (QED) is 0.353. The fraction of sp³-hybridized carbons (Fsp3) is 0.409. The van der Waals surface area contributed by atoms with Crippen LogP contribution < -0.4 is 14.2 Å². The molecule has 12 heteroatoms. The maximum Gasteiger partial charge on any atom is 0.340 e. The molecule has 0 amide bonds. The summed E-state index contributed by atoms with van der Waals surface area (Å²) >= 11 is 0. The van der Waals surface area contributed by atoms with E-state index < -0.39 is 36.0 Å². The number of benzene rings is 2. The summed E-state index contributed by atoms with van der Waals surface area (Å²) in [4.78, 5) is 11.1. The molecule has 1 aliphatic rings. The molecule has 186 valence electrons. The Morgan fingerprint density at radius 1 is 1.12 bits per heavy atom. The second kappa shape index (κ2) is 10.8. The molecule has 2 aromatic carbocycles. The van der Waals surface area contributed by atoms with Gasteiger partial charge >= 0.3 is 10.1 Å². The number of sulfonamides is 1. The zero-order valence-electron chi connectivity index (χ0n) is 18.9. The zero-order valence-corrected chi connectivity index (χ0v) is 20.6. The van der Waals surface area contributed by atoms with Gasteiger partial charge in [-0.15, -0.1) is 0 Å². The van der Waals surface area contributed by atoms with E-state index in [1.54, 1.807) is 13.0 Å². The minimum atomic E-state index is -4.56. The van der Waals surface area contributed by atoms with Crippen LogP contribution in [0.1, 0.15) is 18.9 Å². The summed E-state index contributed by atoms with van der Waals surface area (Å²) in [5.74, 6) is -0.0412. The summed E-state index contributed by atoms with van der Waals surface area (Å²) in [5.41, 5.74) is 0.665. The number of carbonyl (C=O) groups excluding carboxylic acids is 1. The van der Waals surface area contributed by atoms with E-state index in [0.717, 1.165) is 10.4 Å². The fourth-order valence-corrected chi connectivity index (χ4v) is 6.92. The van der Waals surface area contributed by atoms with Gasteiger partial charge in [0.05, 0.1) is 12.6 Å². The Labute approximate surface area is 199 Å². The smallest absolute Gasteiger partial charge is 0.340 e. The highest BCUT2D eigenvalue weighted by atomic mass is 32.2. The van der Waals surface area contributed by atoms with Crippen molar-refractivity contribution < 1.29 is 35.7 Å². The number of aliphatic hydroxyl groups is 1. The number of rotatable bonds is 10. The SMILES string of the molecule is CC(=O)C1CNCCN1S(=O)(=O)c1ccccc1S(=O)(=O)Oc1cc(C)cc(OCCCO)c1. The maximum atomic E-state index is 13.5. The molecule has 2 aromatic rings. The average molecular weight is 513 g/mol. The molecular formula is C22H28N2O8S2. The van der Waals surface area contributed by atoms with Crippen LogP contribution in [0.15, 0.2) is 52.3 Å². The molecule has 1 aliphatic heterocycles. The molecule has 0 aromatic heterocycles. The third-order valence-electron chi connectivity index (χ3n) is 5.17. The summed E-state index contributed by atoms with van der Waals surface area (Å²) < 4.78 is 65.1. The highest BCUT2D eigenvalue weighted by molar-refractivity contribution is 7.91. The van der Waals surface area contributed by atoms with Gasteiger partial charge in [-0.1, -0.05) is 12.1 Å². The van der Waals surface area contributed by atoms with E-state index in [9.17, 15) is 21.6 Å². The van der Waals surface area contributed by atoms with Crippen LogP contribution in [-0.2, 0) is 24.9 Å². The van der Waals surface area contributed by atoms with Crippen LogP contribution in [0.4, 0.5) is 0 Å². The molecular weight excluding hydrogens is 484 g/mol. The molecule has 0 spiro atoms. The van der Waals surface area contributed by atoms with Gasteiger partial charge in [0.25, 0.3) is 0 Å². The summed E-state index contributed by atoms with van der Waals surface area (Å²) in [7, 11) is -8.89. The van der Waals surface area contributed by atoms with Crippen LogP contribution in [0.25, 0.3) is 0 Å². The lowest BCUT2D eigenvalue weighted by Crippen LogP contribution is -2.56. The summed E-state index contributed by atoms with van der Waals surface area (Å²) in [5, 5.41) is 11.9. The molecule has 1 unspecified atom stereocenters. The fourth-order valence-electron chi connectivity index (χ4n) is 3.59. The lowest BCUT2D eigenvalue weighted by Gasteiger charge is -2.33. The van der Waals surface area contributed by atoms with E-state index in [1.807, 2.05) is 0 Å². The molecule has 2 N–H and O–H groups in total. The molecule has 3 rings (SSSR count). The van der Waals surface area contributed by atoms with Gasteiger partial charge in [0, 0.05) is 38.7 Å². The van der Waals surface area contributed by atoms with Gasteiger partial charge in [-0.3, -0.25) is 4.79 Å². The number of ether oxygens (including phenoxy) is 1. The predicted molar refractivity (Wildman–Crippen MR) is 124 cm³/mol. The number of carbonyl (C=O) groups is 1. The third kappa shape index (κ3) is 5.94. The van der Waals surface area contributed by atoms with E-state index >= 15 is 0 Å². The second-order valence-electron chi connectivity index (χ2n) is 7.84. The molecule has 10 nitrogen and oxygen atoms in total. The first-order chi connectivity index (χ1) is 16.1. The first kappa shape index (κ1) is 26.1. The number of hydrogen-bond donors (Lipinski definition) is 2. The van der Waals surface area contributed by atoms with Gasteiger partial charge in [0.15, 0.2) is 0 Å². The van der Waals surface area contributed by atoms with Crippen LogP contribution in [0, 0.1) is 6.92 Å². The van der Waals surface area contributed by atoms with E-state index in [1.165, 1.54) is 37.3 Å². The van der Waals surface area contributed by atoms with E-state index in [0.29, 0.717) is 24.3 Å². The Bertz CT molecular complexity index is 1250. The normalized spacial score (nSPS) is 17.3. The van der Waals surface area contributed by atoms with Gasteiger partial charge < -0.3 is 19.3 Å². The van der Waals surface area contributed by atoms with Crippen LogP contribution in [-0.4, -0.2) is 70.9 Å². The average Bonchev–Trinajstić information content (AvgIpc) is 2.78. The molecule has 1 heterocycles. The Morgan fingerprint density at radius 2 is 1.79 bits per heavy atom. The Kier molecular flexibility index (Phi) is 8.31. The molecule has 1 saturated heterocycles. The molecule has 1 fully saturated rings. The summed E-state index contributed by atoms with van der Waals surface area (Å²) in [6.07, 6.45) is 0.404. The van der Waals surface area contributed by atoms with E-state index in [2.05, 4.69) is 5.32 Å². The Hall–Kier alpha value is -2.51. The summed E-state index contributed by atoms with van der Waals surface area (Å²) in [6, 6.07) is 8.75. The number of ketones is 1. The lowest BCUT2D eigenvalue weighted by atomic mass is 10.2. The first-order valence-electron chi connectivity index (χ1n) is 10.7. The van der Waals surface area contributed by atoms with Crippen molar-refractivity contribution in [3.8, 4) is 11.5 Å². The highest BCUT2D eigenvalue weighted by Crippen LogP contribution is 2.30. The van der Waals surface area contributed by atoms with Crippen molar-refractivity contribution in [1.29, 1.82) is 0 Å². The van der Waals surface area contributed by atoms with Crippen LogP contribution in [0.3, 0.4) is 0 Å². The first-order valence-corrected chi connectivity index (χ1v) is 13.5. The second-order valence-corrected chi connectivity index (χ2v) is 11.2. The van der Waals surface area contributed by atoms with Crippen molar-refractivity contribution in [2.75, 3.05) is 32.8 Å². The molecule has 0 radical (unpaired) electrons. The number of Topliss-reactive ketones (excluding diaryl/α,β-unsaturated/α-hetero) is 1. The molecule has 0 saturated carbocycles. The number of aliphatic hydroxyl groups excluding tert-OH is 1. The summed E-state index contributed by atoms with van der Waals surface area (Å²) in [6.45, 7) is 3.70. The predicted octanol–water partition coefficient (Wildman–Crippen LogP) is 1.08. The van der Waals surface area contributed by atoms with Gasteiger partial charge in [-0.05, 0) is 43.7 Å². The van der Waals surface area contributed by atoms with Crippen molar-refractivity contribution in [2.45, 2.75) is 36.1 Å². The van der Waals surface area contributed by atoms with Crippen molar-refractivity contribution >= 4 is 25.9 Å². The number of nitrogens with one attached hydrogen (secondary N) is 1. The number of nitrogens with zero attached hydrogens (tertiary/aromatic N) is 1. The molecule has 1 atom stereocenters. The Morgan fingerprint density at radius 3 is 2.47 bits per heavy atom. The topological polar surface area (TPSA) is 139 Å². The van der Waals surface area contributed by atoms with Gasteiger partial charge in [0.2, 0.25) is 10.0 Å². The standard InChI is InChI=1S/C22H28N2O8S2/c1-16-12-18(31-11-5-10-25)14-19(13-16)32-34(29,30)22-7-4-3-6-21(22)33(27,28)24-9-8-23-15-20(24)17(2)26/h3-4,6-7,12-14,20,23,25H,5,8-11,15H2,1-2H3. The van der Waals surface area contributed by atoms with Crippen LogP contribution >= 0.6 is 0 Å². The highest BCUT2D eigenvalue weighted by Gasteiger charge is 2.39. The van der Waals surface area contributed by atoms with Crippen LogP contribution in [0.2, 0.25) is 0 Å². The zero-order chi connectivity index (χ0) is 24.9. The van der Waals surface area contributed by atoms with E-state index in [4.69, 9.17) is 14.0 Å². The Balaban J connectivity index is 1.97. The van der Waals surface area contributed by atoms with Crippen molar-refractivity contribution in [3.05, 3.63) is 48.0 Å². The minimum absolute atomic E-state index is 0.0221. The molecule has 34 heavy (non-hydrogen) atoms. The molecule has 0 bridgehead atoms. The van der Waals surface area contributed by atoms with Gasteiger partial charge in [0.1, 0.15) is 27.1 Å². The van der Waals surface area contributed by atoms with Crippen LogP contribution in [0.5, 0.6) is 11.5 Å². The van der Waals surface area contributed by atoms with Gasteiger partial charge in [-0.2, -0.15) is 12.7 Å². The largest absolute Gasteiger partial charge is 0.493 e. The number of aryl methyl sites for hydroxylation is 1. The van der Waals surface area contributed by atoms with Crippen molar-refractivity contribution in [2.24, 2.45) is 0 Å². The maximum absolute atomic E-state index is 13.5. The third-order valence-corrected chi connectivity index (χ3v) is 8.57. The number of hydrogen-bond acceptors (Lipinski definition) is 9. The van der Waals surface area contributed by atoms with Crippen molar-refractivity contribution in [3.63, 3.8) is 0 Å². The number of piperazine rings is 1. The van der Waals surface area contributed by atoms with Gasteiger partial charge in [-0.25, -0.2) is 8.42 Å². The lowest BCUT2D eigenvalue weighted by molar-refractivity contribution is -0.120.